The summed E-state index contributed by atoms with van der Waals surface area (Å²) in [5, 5.41) is 0. The van der Waals surface area contributed by atoms with Crippen molar-refractivity contribution in [2.75, 3.05) is 33.4 Å². The maximum Gasteiger partial charge on any atom is 0.310 e. The number of hydrogen-bond donors (Lipinski definition) is 0. The average molecular weight is 213 g/mol. The van der Waals surface area contributed by atoms with E-state index in [0.29, 0.717) is 12.0 Å². The lowest BCUT2D eigenvalue weighted by molar-refractivity contribution is -0.146. The van der Waals surface area contributed by atoms with Crippen LogP contribution >= 0.6 is 0 Å². The Morgan fingerprint density at radius 1 is 1.47 bits per heavy atom. The Morgan fingerprint density at radius 3 is 2.87 bits per heavy atom. The number of rotatable bonds is 2. The summed E-state index contributed by atoms with van der Waals surface area (Å²) in [5.74, 6) is 0.387. The van der Waals surface area contributed by atoms with Crippen LogP contribution < -0.4 is 0 Å². The van der Waals surface area contributed by atoms with Crippen molar-refractivity contribution in [2.24, 2.45) is 11.8 Å². The predicted molar refractivity (Wildman–Crippen MR) is 55.5 cm³/mol. The highest BCUT2D eigenvalue weighted by atomic mass is 16.5. The van der Waals surface area contributed by atoms with E-state index in [4.69, 9.17) is 9.47 Å². The minimum Gasteiger partial charge on any atom is -0.469 e. The summed E-state index contributed by atoms with van der Waals surface area (Å²) < 4.78 is 10.2. The highest BCUT2D eigenvalue weighted by molar-refractivity contribution is 5.73. The van der Waals surface area contributed by atoms with Crippen molar-refractivity contribution in [3.8, 4) is 0 Å². The number of ether oxygens (including phenoxy) is 2. The molecule has 3 atom stereocenters. The predicted octanol–water partition coefficient (Wildman–Crippen LogP) is 0.516. The highest BCUT2D eigenvalue weighted by Gasteiger charge is 2.39. The fraction of sp³-hybridized carbons (Fsp3) is 0.909. The molecule has 0 radical (unpaired) electrons. The molecule has 0 bridgehead atoms. The largest absolute Gasteiger partial charge is 0.469 e. The van der Waals surface area contributed by atoms with Gasteiger partial charge in [0, 0.05) is 25.7 Å². The van der Waals surface area contributed by atoms with Gasteiger partial charge in [0.05, 0.1) is 19.6 Å². The molecule has 2 rings (SSSR count). The average Bonchev–Trinajstić information content (AvgIpc) is 2.84. The molecule has 2 fully saturated rings. The number of nitrogens with zero attached hydrogens (tertiary/aromatic N) is 1. The van der Waals surface area contributed by atoms with Crippen molar-refractivity contribution < 1.29 is 14.3 Å². The van der Waals surface area contributed by atoms with Gasteiger partial charge in [0.1, 0.15) is 0 Å². The van der Waals surface area contributed by atoms with Crippen molar-refractivity contribution in [1.29, 1.82) is 0 Å². The van der Waals surface area contributed by atoms with Crippen molar-refractivity contribution in [3.63, 3.8) is 0 Å². The van der Waals surface area contributed by atoms with Crippen LogP contribution in [0.15, 0.2) is 0 Å². The molecular weight excluding hydrogens is 194 g/mol. The van der Waals surface area contributed by atoms with Gasteiger partial charge in [0.25, 0.3) is 0 Å². The highest BCUT2D eigenvalue weighted by Crippen LogP contribution is 2.27. The van der Waals surface area contributed by atoms with E-state index in [1.807, 2.05) is 0 Å². The smallest absolute Gasteiger partial charge is 0.310 e. The summed E-state index contributed by atoms with van der Waals surface area (Å²) >= 11 is 0. The van der Waals surface area contributed by atoms with Crippen molar-refractivity contribution in [3.05, 3.63) is 0 Å². The molecule has 4 heteroatoms. The zero-order valence-corrected chi connectivity index (χ0v) is 9.44. The number of likely N-dealkylation sites (tertiary alicyclic amines) is 1. The molecule has 0 saturated carbocycles. The molecule has 0 aromatic carbocycles. The summed E-state index contributed by atoms with van der Waals surface area (Å²) in [5.41, 5.74) is 0. The number of esters is 1. The minimum absolute atomic E-state index is 0.0515. The summed E-state index contributed by atoms with van der Waals surface area (Å²) in [6.45, 7) is 5.63. The van der Waals surface area contributed by atoms with Crippen molar-refractivity contribution in [1.82, 2.24) is 4.90 Å². The van der Waals surface area contributed by atoms with Gasteiger partial charge in [0.15, 0.2) is 0 Å². The first-order valence-corrected chi connectivity index (χ1v) is 5.62. The molecule has 4 nitrogen and oxygen atoms in total. The van der Waals surface area contributed by atoms with Crippen LogP contribution in [-0.2, 0) is 14.3 Å². The van der Waals surface area contributed by atoms with Crippen LogP contribution in [0.2, 0.25) is 0 Å². The van der Waals surface area contributed by atoms with E-state index >= 15 is 0 Å². The van der Waals surface area contributed by atoms with E-state index in [0.717, 1.165) is 32.7 Å². The van der Waals surface area contributed by atoms with Gasteiger partial charge in [-0.3, -0.25) is 9.69 Å². The minimum atomic E-state index is -0.0658. The van der Waals surface area contributed by atoms with Gasteiger partial charge < -0.3 is 9.47 Å². The number of carbonyl (C=O) groups excluding carboxylic acids is 1. The van der Waals surface area contributed by atoms with E-state index in [1.165, 1.54) is 7.11 Å². The van der Waals surface area contributed by atoms with Gasteiger partial charge in [-0.15, -0.1) is 0 Å². The van der Waals surface area contributed by atoms with Crippen LogP contribution in [0.25, 0.3) is 0 Å². The maximum atomic E-state index is 11.5. The first kappa shape index (κ1) is 10.9. The van der Waals surface area contributed by atoms with E-state index < -0.39 is 0 Å². The molecule has 86 valence electrons. The summed E-state index contributed by atoms with van der Waals surface area (Å²) in [6.07, 6.45) is 1.10. The molecule has 15 heavy (non-hydrogen) atoms. The topological polar surface area (TPSA) is 38.8 Å². The maximum absolute atomic E-state index is 11.5. The van der Waals surface area contributed by atoms with Crippen LogP contribution in [0.3, 0.4) is 0 Å². The van der Waals surface area contributed by atoms with E-state index in [1.54, 1.807) is 0 Å². The molecule has 2 aliphatic heterocycles. The molecule has 0 amide bonds. The fourth-order valence-electron chi connectivity index (χ4n) is 2.57. The second-order valence-corrected chi connectivity index (χ2v) is 4.58. The molecule has 2 saturated heterocycles. The van der Waals surface area contributed by atoms with Crippen molar-refractivity contribution >= 4 is 5.97 Å². The molecule has 0 aliphatic carbocycles. The van der Waals surface area contributed by atoms with Crippen LogP contribution in [0.4, 0.5) is 0 Å². The first-order chi connectivity index (χ1) is 7.22. The Morgan fingerprint density at radius 2 is 2.27 bits per heavy atom. The lowest BCUT2D eigenvalue weighted by Crippen LogP contribution is -2.34. The third-order valence-corrected chi connectivity index (χ3v) is 3.57. The van der Waals surface area contributed by atoms with Crippen molar-refractivity contribution in [2.45, 2.75) is 19.4 Å². The molecule has 2 heterocycles. The van der Waals surface area contributed by atoms with Crippen LogP contribution in [-0.4, -0.2) is 50.3 Å². The Labute approximate surface area is 90.5 Å². The first-order valence-electron chi connectivity index (χ1n) is 5.62. The molecule has 2 aliphatic rings. The Balaban J connectivity index is 1.93. The van der Waals surface area contributed by atoms with Crippen LogP contribution in [0.5, 0.6) is 0 Å². The van der Waals surface area contributed by atoms with E-state index in [9.17, 15) is 4.79 Å². The second-order valence-electron chi connectivity index (χ2n) is 4.58. The monoisotopic (exact) mass is 213 g/mol. The normalized spacial score (nSPS) is 37.1. The zero-order chi connectivity index (χ0) is 10.8. The van der Waals surface area contributed by atoms with Crippen LogP contribution in [0.1, 0.15) is 13.3 Å². The number of hydrogen-bond acceptors (Lipinski definition) is 4. The standard InChI is InChI=1S/C11H19NO3/c1-8-5-12(9-3-4-15-7-9)6-10(8)11(13)14-2/h8-10H,3-7H2,1-2H3. The molecular formula is C11H19NO3. The quantitative estimate of drug-likeness (QED) is 0.627. The van der Waals surface area contributed by atoms with Gasteiger partial charge in [0.2, 0.25) is 0 Å². The van der Waals surface area contributed by atoms with Gasteiger partial charge in [-0.05, 0) is 12.3 Å². The van der Waals surface area contributed by atoms with Gasteiger partial charge in [-0.2, -0.15) is 0 Å². The molecule has 0 spiro atoms. The number of carbonyl (C=O) groups is 1. The lowest BCUT2D eigenvalue weighted by atomic mass is 9.99. The Hall–Kier alpha value is -0.610. The molecule has 0 N–H and O–H groups in total. The van der Waals surface area contributed by atoms with E-state index in [-0.39, 0.29) is 11.9 Å². The fourth-order valence-corrected chi connectivity index (χ4v) is 2.57. The third-order valence-electron chi connectivity index (χ3n) is 3.57. The SMILES string of the molecule is COC(=O)C1CN(C2CCOC2)CC1C. The summed E-state index contributed by atoms with van der Waals surface area (Å²) in [7, 11) is 1.47. The van der Waals surface area contributed by atoms with Gasteiger partial charge in [-0.25, -0.2) is 0 Å². The Bertz CT molecular complexity index is 238. The number of methoxy groups -OCH3 is 1. The van der Waals surface area contributed by atoms with Gasteiger partial charge in [-0.1, -0.05) is 6.92 Å². The third kappa shape index (κ3) is 2.16. The molecule has 0 aromatic rings. The van der Waals surface area contributed by atoms with E-state index in [2.05, 4.69) is 11.8 Å². The second kappa shape index (κ2) is 4.49. The van der Waals surface area contributed by atoms with Crippen LogP contribution in [0, 0.1) is 11.8 Å². The molecule has 3 unspecified atom stereocenters. The Kier molecular flexibility index (Phi) is 3.26. The summed E-state index contributed by atoms with van der Waals surface area (Å²) in [4.78, 5) is 13.9. The zero-order valence-electron chi connectivity index (χ0n) is 9.44. The van der Waals surface area contributed by atoms with Gasteiger partial charge >= 0.3 is 5.97 Å². The lowest BCUT2D eigenvalue weighted by Gasteiger charge is -2.21. The molecule has 0 aromatic heterocycles. The summed E-state index contributed by atoms with van der Waals surface area (Å²) in [6, 6.07) is 0.516.